The third-order valence-corrected chi connectivity index (χ3v) is 8.81. The van der Waals surface area contributed by atoms with E-state index in [1.807, 2.05) is 6.92 Å². The molecule has 44 heavy (non-hydrogen) atoms. The van der Waals surface area contributed by atoms with Gasteiger partial charge in [-0.3, -0.25) is 19.5 Å². The number of nitrogens with zero attached hydrogens (tertiary/aromatic N) is 5. The van der Waals surface area contributed by atoms with Gasteiger partial charge in [0.1, 0.15) is 0 Å². The Labute approximate surface area is 258 Å². The lowest BCUT2D eigenvalue weighted by Gasteiger charge is -2.25. The molecule has 2 aliphatic heterocycles. The van der Waals surface area contributed by atoms with E-state index in [4.69, 9.17) is 19.2 Å². The Morgan fingerprint density at radius 3 is 2.73 bits per heavy atom. The van der Waals surface area contributed by atoms with Crippen LogP contribution in [0.3, 0.4) is 0 Å². The van der Waals surface area contributed by atoms with E-state index in [1.165, 1.54) is 28.5 Å². The Bertz CT molecular complexity index is 1990. The van der Waals surface area contributed by atoms with E-state index in [0.717, 1.165) is 11.3 Å². The molecule has 12 nitrogen and oxygen atoms in total. The van der Waals surface area contributed by atoms with Gasteiger partial charge in [-0.1, -0.05) is 30.7 Å². The number of aromatic nitrogens is 3. The molecule has 14 heteroatoms. The van der Waals surface area contributed by atoms with Crippen LogP contribution in [0.5, 0.6) is 11.5 Å². The lowest BCUT2D eigenvalue weighted by molar-refractivity contribution is -0.384. The number of benzene rings is 2. The number of fused-ring (bicyclic) bond motifs is 2. The van der Waals surface area contributed by atoms with Crippen LogP contribution >= 0.6 is 23.1 Å². The summed E-state index contributed by atoms with van der Waals surface area (Å²) in [7, 11) is 0. The number of nitro groups is 1. The van der Waals surface area contributed by atoms with Gasteiger partial charge in [-0.15, -0.1) is 0 Å². The van der Waals surface area contributed by atoms with Crippen LogP contribution in [0.2, 0.25) is 0 Å². The molecule has 6 rings (SSSR count). The van der Waals surface area contributed by atoms with Gasteiger partial charge in [0, 0.05) is 29.4 Å². The first-order chi connectivity index (χ1) is 21.4. The van der Waals surface area contributed by atoms with Crippen LogP contribution in [0.25, 0.3) is 6.08 Å². The zero-order chi connectivity index (χ0) is 30.8. The summed E-state index contributed by atoms with van der Waals surface area (Å²) in [5.41, 5.74) is 1.34. The van der Waals surface area contributed by atoms with E-state index >= 15 is 0 Å². The summed E-state index contributed by atoms with van der Waals surface area (Å²) in [6.07, 6.45) is 6.00. The molecule has 0 unspecified atom stereocenters. The molecule has 2 aromatic carbocycles. The van der Waals surface area contributed by atoms with Crippen LogP contribution in [0.15, 0.2) is 86.0 Å². The van der Waals surface area contributed by atoms with Gasteiger partial charge in [0.05, 0.1) is 33.4 Å². The average molecular weight is 632 g/mol. The number of carbonyl (C=O) groups excluding carboxylic acids is 1. The van der Waals surface area contributed by atoms with Crippen molar-refractivity contribution in [3.05, 3.63) is 107 Å². The van der Waals surface area contributed by atoms with Crippen molar-refractivity contribution in [3.63, 3.8) is 0 Å². The number of esters is 1. The quantitative estimate of drug-likeness (QED) is 0.114. The van der Waals surface area contributed by atoms with Crippen molar-refractivity contribution in [1.82, 2.24) is 14.5 Å². The Balaban J connectivity index is 1.56. The van der Waals surface area contributed by atoms with Crippen molar-refractivity contribution in [1.29, 1.82) is 0 Å². The number of non-ortho nitro benzene ring substituents is 1. The van der Waals surface area contributed by atoms with Gasteiger partial charge >= 0.3 is 5.97 Å². The van der Waals surface area contributed by atoms with Gasteiger partial charge in [0.15, 0.2) is 21.5 Å². The monoisotopic (exact) mass is 631 g/mol. The molecule has 0 saturated carbocycles. The van der Waals surface area contributed by atoms with Gasteiger partial charge in [-0.05, 0) is 66.6 Å². The van der Waals surface area contributed by atoms with Crippen molar-refractivity contribution in [2.24, 2.45) is 4.99 Å². The maximum Gasteiger partial charge on any atom is 0.338 e. The lowest BCUT2D eigenvalue weighted by atomic mass is 9.94. The Kier molecular flexibility index (Phi) is 8.26. The first-order valence-corrected chi connectivity index (χ1v) is 15.4. The zero-order valence-electron chi connectivity index (χ0n) is 23.6. The summed E-state index contributed by atoms with van der Waals surface area (Å²) in [6, 6.07) is 10.5. The molecule has 0 fully saturated rings. The van der Waals surface area contributed by atoms with Crippen molar-refractivity contribution >= 4 is 40.8 Å². The molecule has 4 aromatic rings. The van der Waals surface area contributed by atoms with E-state index in [0.29, 0.717) is 56.0 Å². The van der Waals surface area contributed by atoms with Crippen molar-refractivity contribution in [3.8, 4) is 11.5 Å². The fourth-order valence-corrected chi connectivity index (χ4v) is 6.76. The topological polar surface area (TPSA) is 148 Å². The smallest absolute Gasteiger partial charge is 0.338 e. The standard InChI is InChI=1S/C30H25N5O7S2/c1-3-6-20-25(28(37)40-4-2)26(17-7-9-21-22(14-17)42-16-41-21)34-27(36)24(44-30(34)33-20)15-18-13-19(35(38)39)8-10-23(18)43-29-31-11-5-12-32-29/h5,7-15,26H,3-4,6,16H2,1-2H3/b24-15+/t26-/m0/s1. The molecule has 2 aliphatic rings. The summed E-state index contributed by atoms with van der Waals surface area (Å²) in [4.78, 5) is 53.1. The highest BCUT2D eigenvalue weighted by Crippen LogP contribution is 2.39. The second kappa shape index (κ2) is 12.4. The second-order valence-electron chi connectivity index (χ2n) is 9.64. The number of hydrogen-bond donors (Lipinski definition) is 0. The Hall–Kier alpha value is -4.82. The molecule has 0 saturated heterocycles. The van der Waals surface area contributed by atoms with Crippen LogP contribution < -0.4 is 24.4 Å². The maximum atomic E-state index is 14.2. The minimum absolute atomic E-state index is 0.0702. The molecule has 0 N–H and O–H groups in total. The number of ether oxygens (including phenoxy) is 3. The maximum absolute atomic E-state index is 14.2. The molecule has 0 bridgehead atoms. The van der Waals surface area contributed by atoms with Crippen LogP contribution in [0.1, 0.15) is 43.9 Å². The normalized spacial score (nSPS) is 15.6. The van der Waals surface area contributed by atoms with Crippen LogP contribution in [0.4, 0.5) is 5.69 Å². The van der Waals surface area contributed by atoms with Crippen LogP contribution in [-0.4, -0.2) is 38.8 Å². The lowest BCUT2D eigenvalue weighted by Crippen LogP contribution is -2.40. The molecule has 0 spiro atoms. The van der Waals surface area contributed by atoms with Crippen molar-refractivity contribution in [2.75, 3.05) is 13.4 Å². The first-order valence-electron chi connectivity index (χ1n) is 13.7. The Morgan fingerprint density at radius 2 is 1.98 bits per heavy atom. The predicted molar refractivity (Wildman–Crippen MR) is 161 cm³/mol. The third-order valence-electron chi connectivity index (χ3n) is 6.84. The van der Waals surface area contributed by atoms with E-state index in [9.17, 15) is 19.7 Å². The van der Waals surface area contributed by atoms with Gasteiger partial charge in [-0.2, -0.15) is 0 Å². The fraction of sp³-hybridized carbons (Fsp3) is 0.233. The van der Waals surface area contributed by atoms with Gasteiger partial charge in [-0.25, -0.2) is 19.8 Å². The number of hydrogen-bond acceptors (Lipinski definition) is 12. The van der Waals surface area contributed by atoms with Crippen molar-refractivity contribution < 1.29 is 23.9 Å². The highest BCUT2D eigenvalue weighted by molar-refractivity contribution is 7.99. The third kappa shape index (κ3) is 5.61. The van der Waals surface area contributed by atoms with E-state index in [-0.39, 0.29) is 29.2 Å². The SMILES string of the molecule is CCCC1=C(C(=O)OCC)[C@H](c2ccc3c(c2)OCO3)n2c(s/c(=C/c3cc([N+](=O)[O-])ccc3Sc3ncccn3)c2=O)=N1. The summed E-state index contributed by atoms with van der Waals surface area (Å²) in [5, 5.41) is 12.1. The minimum atomic E-state index is -0.847. The number of rotatable bonds is 9. The molecule has 0 aliphatic carbocycles. The molecule has 224 valence electrons. The first kappa shape index (κ1) is 29.3. The molecule has 2 aromatic heterocycles. The number of carbonyl (C=O) groups is 1. The summed E-state index contributed by atoms with van der Waals surface area (Å²) in [5.74, 6) is 0.509. The highest BCUT2D eigenvalue weighted by Gasteiger charge is 2.35. The highest BCUT2D eigenvalue weighted by atomic mass is 32.2. The van der Waals surface area contributed by atoms with Crippen LogP contribution in [0, 0.1) is 10.1 Å². The molecule has 4 heterocycles. The average Bonchev–Trinajstić information content (AvgIpc) is 3.61. The molecular weight excluding hydrogens is 606 g/mol. The molecule has 1 atom stereocenters. The molecule has 0 amide bonds. The number of thiazole rings is 1. The summed E-state index contributed by atoms with van der Waals surface area (Å²) in [6.45, 7) is 3.92. The van der Waals surface area contributed by atoms with E-state index < -0.39 is 22.5 Å². The van der Waals surface area contributed by atoms with E-state index in [1.54, 1.807) is 55.7 Å². The van der Waals surface area contributed by atoms with Gasteiger partial charge in [0.2, 0.25) is 6.79 Å². The fourth-order valence-electron chi connectivity index (χ4n) is 4.95. The molecule has 0 radical (unpaired) electrons. The Morgan fingerprint density at radius 1 is 1.18 bits per heavy atom. The summed E-state index contributed by atoms with van der Waals surface area (Å²) < 4.78 is 18.3. The largest absolute Gasteiger partial charge is 0.463 e. The van der Waals surface area contributed by atoms with Gasteiger partial charge in [0.25, 0.3) is 11.2 Å². The van der Waals surface area contributed by atoms with Gasteiger partial charge < -0.3 is 14.2 Å². The number of nitro benzene ring substituents is 1. The second-order valence-corrected chi connectivity index (χ2v) is 11.7. The van der Waals surface area contributed by atoms with Crippen LogP contribution in [-0.2, 0) is 9.53 Å². The zero-order valence-corrected chi connectivity index (χ0v) is 25.2. The minimum Gasteiger partial charge on any atom is -0.463 e. The number of allylic oxidation sites excluding steroid dienone is 1. The predicted octanol–water partition coefficient (Wildman–Crippen LogP) is 4.16. The van der Waals surface area contributed by atoms with E-state index in [2.05, 4.69) is 9.97 Å². The molecular formula is C30H25N5O7S2. The van der Waals surface area contributed by atoms with Crippen molar-refractivity contribution in [2.45, 2.75) is 42.8 Å². The summed E-state index contributed by atoms with van der Waals surface area (Å²) >= 11 is 2.36.